The van der Waals surface area contributed by atoms with Gasteiger partial charge in [0.05, 0.1) is 18.1 Å². The van der Waals surface area contributed by atoms with E-state index in [2.05, 4.69) is 24.0 Å². The van der Waals surface area contributed by atoms with E-state index in [1.807, 2.05) is 19.2 Å². The Morgan fingerprint density at radius 3 is 2.53 bits per heavy atom. The molecule has 0 saturated heterocycles. The summed E-state index contributed by atoms with van der Waals surface area (Å²) in [5.74, 6) is 1.37. The van der Waals surface area contributed by atoms with E-state index >= 15 is 0 Å². The van der Waals surface area contributed by atoms with E-state index in [4.69, 9.17) is 26.9 Å². The second kappa shape index (κ2) is 10.6. The summed E-state index contributed by atoms with van der Waals surface area (Å²) in [5, 5.41) is 14.6. The van der Waals surface area contributed by atoms with E-state index in [-0.39, 0.29) is 23.5 Å². The third-order valence-electron chi connectivity index (χ3n) is 6.59. The molecule has 2 saturated carbocycles. The topological polar surface area (TPSA) is 107 Å². The van der Waals surface area contributed by atoms with Crippen molar-refractivity contribution in [3.8, 4) is 11.6 Å². The fraction of sp³-hybridized carbons (Fsp3) is 0.500. The predicted molar refractivity (Wildman–Crippen MR) is 134 cm³/mol. The highest BCUT2D eigenvalue weighted by atomic mass is 35.5. The van der Waals surface area contributed by atoms with Crippen LogP contribution in [0.4, 0.5) is 0 Å². The van der Waals surface area contributed by atoms with Gasteiger partial charge < -0.3 is 20.4 Å². The molecule has 0 amide bonds. The number of ketones is 1. The highest BCUT2D eigenvalue weighted by Gasteiger charge is 2.49. The van der Waals surface area contributed by atoms with E-state index in [0.29, 0.717) is 22.4 Å². The molecule has 8 heteroatoms. The highest BCUT2D eigenvalue weighted by Crippen LogP contribution is 2.50. The maximum absolute atomic E-state index is 11.9. The first-order valence-corrected chi connectivity index (χ1v) is 12.0. The number of benzene rings is 1. The van der Waals surface area contributed by atoms with Crippen molar-refractivity contribution in [1.82, 2.24) is 4.98 Å². The van der Waals surface area contributed by atoms with Gasteiger partial charge in [-0.3, -0.25) is 4.79 Å². The number of aryl methyl sites for hydroxylation is 1. The second-order valence-electron chi connectivity index (χ2n) is 9.17. The van der Waals surface area contributed by atoms with Crippen LogP contribution >= 0.6 is 11.6 Å². The lowest BCUT2D eigenvalue weighted by atomic mass is 9.87. The fourth-order valence-electron chi connectivity index (χ4n) is 3.80. The average Bonchev–Trinajstić information content (AvgIpc) is 3.72. The number of oxime groups is 1. The summed E-state index contributed by atoms with van der Waals surface area (Å²) in [7, 11) is 1.57. The molecule has 7 nitrogen and oxygen atoms in total. The first kappa shape index (κ1) is 25.8. The van der Waals surface area contributed by atoms with Crippen molar-refractivity contribution in [2.75, 3.05) is 7.11 Å². The van der Waals surface area contributed by atoms with Gasteiger partial charge in [-0.1, -0.05) is 30.6 Å². The Bertz CT molecular complexity index is 1080. The van der Waals surface area contributed by atoms with Gasteiger partial charge in [-0.15, -0.1) is 0 Å². The van der Waals surface area contributed by atoms with Crippen molar-refractivity contribution < 1.29 is 19.5 Å². The van der Waals surface area contributed by atoms with Crippen LogP contribution in [0.1, 0.15) is 81.0 Å². The van der Waals surface area contributed by atoms with Crippen molar-refractivity contribution in [2.24, 2.45) is 10.9 Å². The van der Waals surface area contributed by atoms with Crippen LogP contribution in [-0.2, 0) is 15.0 Å². The predicted octanol–water partition coefficient (Wildman–Crippen LogP) is 5.38. The van der Waals surface area contributed by atoms with Gasteiger partial charge in [0.15, 0.2) is 5.84 Å². The third kappa shape index (κ3) is 5.81. The number of amidine groups is 1. The Kier molecular flexibility index (Phi) is 8.08. The minimum atomic E-state index is -0.399. The van der Waals surface area contributed by atoms with E-state index in [9.17, 15) is 9.90 Å². The molecule has 1 aromatic carbocycles. The lowest BCUT2D eigenvalue weighted by Gasteiger charge is -2.17. The van der Waals surface area contributed by atoms with Crippen LogP contribution in [0.25, 0.3) is 0 Å². The maximum atomic E-state index is 11.9. The molecular weight excluding hydrogens is 454 g/mol. The molecule has 2 aliphatic rings. The fourth-order valence-corrected chi connectivity index (χ4v) is 4.05. The number of hydrogen-bond acceptors (Lipinski definition) is 6. The lowest BCUT2D eigenvalue weighted by Crippen LogP contribution is -2.21. The standard InChI is InChI=1S/C16H20N2O3.C10H14ClNO/c1-9-7-14(20)12(15(17)18-21-11-3-4-11)8-13(9)16(5-6-16)10(2)19;1-4-7(2)8-5-9(11)10(13-3)12-6-8/h7-8,11,20H,3-6H2,1-2H3,(H2,17,18);5-7H,4H2,1-3H3. The van der Waals surface area contributed by atoms with E-state index in [1.165, 1.54) is 0 Å². The highest BCUT2D eigenvalue weighted by molar-refractivity contribution is 6.31. The first-order chi connectivity index (χ1) is 16.1. The average molecular weight is 488 g/mol. The largest absolute Gasteiger partial charge is 0.507 e. The molecule has 4 rings (SSSR count). The number of ether oxygens (including phenoxy) is 1. The minimum Gasteiger partial charge on any atom is -0.507 e. The summed E-state index contributed by atoms with van der Waals surface area (Å²) in [6, 6.07) is 5.35. The number of rotatable bonds is 8. The van der Waals surface area contributed by atoms with Crippen LogP contribution in [-0.4, -0.2) is 34.9 Å². The second-order valence-corrected chi connectivity index (χ2v) is 9.58. The number of carbonyl (C=O) groups excluding carboxylic acids is 1. The van der Waals surface area contributed by atoms with Gasteiger partial charge in [-0.05, 0) is 86.8 Å². The van der Waals surface area contributed by atoms with E-state index in [1.54, 1.807) is 26.2 Å². The molecule has 0 bridgehead atoms. The number of carbonyl (C=O) groups is 1. The van der Waals surface area contributed by atoms with Crippen LogP contribution in [0.15, 0.2) is 29.6 Å². The van der Waals surface area contributed by atoms with Gasteiger partial charge in [0, 0.05) is 6.20 Å². The smallest absolute Gasteiger partial charge is 0.232 e. The van der Waals surface area contributed by atoms with Gasteiger partial charge in [0.1, 0.15) is 22.7 Å². The molecule has 1 heterocycles. The Balaban J connectivity index is 0.000000215. The van der Waals surface area contributed by atoms with Crippen LogP contribution in [0.2, 0.25) is 5.02 Å². The van der Waals surface area contributed by atoms with Crippen LogP contribution < -0.4 is 10.5 Å². The van der Waals surface area contributed by atoms with Gasteiger partial charge in [-0.25, -0.2) is 4.98 Å². The van der Waals surface area contributed by atoms with E-state index < -0.39 is 5.41 Å². The summed E-state index contributed by atoms with van der Waals surface area (Å²) in [5.41, 5.74) is 8.95. The zero-order valence-corrected chi connectivity index (χ0v) is 21.3. The normalized spacial score (nSPS) is 17.3. The number of phenols is 1. The van der Waals surface area contributed by atoms with Gasteiger partial charge in [0.2, 0.25) is 5.88 Å². The summed E-state index contributed by atoms with van der Waals surface area (Å²) in [6.07, 6.45) is 6.75. The molecule has 0 spiro atoms. The monoisotopic (exact) mass is 487 g/mol. The van der Waals surface area contributed by atoms with Gasteiger partial charge >= 0.3 is 0 Å². The molecule has 1 atom stereocenters. The molecular formula is C26H34ClN3O4. The number of aromatic hydroxyl groups is 1. The zero-order chi connectivity index (χ0) is 25.0. The Labute approximate surface area is 206 Å². The number of aromatic nitrogens is 1. The number of Topliss-reactive ketones (excluding diaryl/α,β-unsaturated/α-hetero) is 1. The number of halogens is 1. The van der Waals surface area contributed by atoms with Crippen molar-refractivity contribution in [1.29, 1.82) is 0 Å². The zero-order valence-electron chi connectivity index (χ0n) is 20.5. The van der Waals surface area contributed by atoms with Crippen molar-refractivity contribution in [3.63, 3.8) is 0 Å². The minimum absolute atomic E-state index is 0.0660. The maximum Gasteiger partial charge on any atom is 0.232 e. The Morgan fingerprint density at radius 1 is 1.35 bits per heavy atom. The molecule has 3 N–H and O–H groups in total. The molecule has 2 aromatic rings. The van der Waals surface area contributed by atoms with Crippen LogP contribution in [0.5, 0.6) is 11.6 Å². The SMILES string of the molecule is CC(=O)C1(c2cc(/C(N)=N/OC3CC3)c(O)cc2C)CC1.CCC(C)c1cnc(OC)c(Cl)c1. The quantitative estimate of drug-likeness (QED) is 0.294. The van der Waals surface area contributed by atoms with Crippen LogP contribution in [0.3, 0.4) is 0 Å². The summed E-state index contributed by atoms with van der Waals surface area (Å²) >= 11 is 5.94. The van der Waals surface area contributed by atoms with Crippen molar-refractivity contribution >= 4 is 23.2 Å². The number of nitrogens with two attached hydrogens (primary N) is 1. The van der Waals surface area contributed by atoms with Crippen molar-refractivity contribution in [3.05, 3.63) is 51.7 Å². The molecule has 1 unspecified atom stereocenters. The molecule has 2 fully saturated rings. The number of hydrogen-bond donors (Lipinski definition) is 2. The third-order valence-corrected chi connectivity index (χ3v) is 6.86. The summed E-state index contributed by atoms with van der Waals surface area (Å²) in [6.45, 7) is 7.81. The summed E-state index contributed by atoms with van der Waals surface area (Å²) < 4.78 is 4.97. The molecule has 184 valence electrons. The lowest BCUT2D eigenvalue weighted by molar-refractivity contribution is -0.119. The molecule has 34 heavy (non-hydrogen) atoms. The Hall–Kier alpha value is -2.80. The van der Waals surface area contributed by atoms with Gasteiger partial charge in [0.25, 0.3) is 0 Å². The number of phenolic OH excluding ortho intramolecular Hbond substituents is 1. The van der Waals surface area contributed by atoms with Crippen molar-refractivity contribution in [2.45, 2.75) is 77.2 Å². The van der Waals surface area contributed by atoms with Crippen LogP contribution in [0, 0.1) is 6.92 Å². The van der Waals surface area contributed by atoms with E-state index in [0.717, 1.165) is 48.8 Å². The number of methoxy groups -OCH3 is 1. The number of pyridine rings is 1. The Morgan fingerprint density at radius 2 is 2.03 bits per heavy atom. The molecule has 1 aromatic heterocycles. The summed E-state index contributed by atoms with van der Waals surface area (Å²) in [4.78, 5) is 21.3. The molecule has 0 radical (unpaired) electrons. The molecule has 2 aliphatic carbocycles. The first-order valence-electron chi connectivity index (χ1n) is 11.7. The number of nitrogens with zero attached hydrogens (tertiary/aromatic N) is 2. The molecule has 0 aliphatic heterocycles. The van der Waals surface area contributed by atoms with Gasteiger partial charge in [-0.2, -0.15) is 0 Å².